The van der Waals surface area contributed by atoms with E-state index in [0.717, 1.165) is 0 Å². The molecule has 1 saturated heterocycles. The molecule has 0 amide bonds. The Kier molecular flexibility index (Phi) is 6.09. The number of imidazole rings is 1. The maximum Gasteiger partial charge on any atom is 0.262 e. The highest BCUT2D eigenvalue weighted by Crippen LogP contribution is 2.31. The Balaban J connectivity index is 1.84. The first-order chi connectivity index (χ1) is 13.0. The lowest BCUT2D eigenvalue weighted by molar-refractivity contribution is 0.403. The van der Waals surface area contributed by atoms with Crippen LogP contribution in [0, 0.1) is 6.92 Å². The van der Waals surface area contributed by atoms with E-state index in [-0.39, 0.29) is 41.1 Å². The van der Waals surface area contributed by atoms with Gasteiger partial charge in [-0.2, -0.15) is 8.61 Å². The highest BCUT2D eigenvalue weighted by atomic mass is 35.5. The Morgan fingerprint density at radius 1 is 0.929 bits per heavy atom. The van der Waals surface area contributed by atoms with Crippen molar-refractivity contribution >= 4 is 43.2 Å². The molecule has 0 atom stereocenters. The van der Waals surface area contributed by atoms with Gasteiger partial charge in [0, 0.05) is 44.4 Å². The van der Waals surface area contributed by atoms with Crippen LogP contribution >= 0.6 is 23.2 Å². The van der Waals surface area contributed by atoms with Crippen molar-refractivity contribution in [2.24, 2.45) is 7.05 Å². The van der Waals surface area contributed by atoms with Crippen molar-refractivity contribution in [3.63, 3.8) is 0 Å². The molecule has 12 heteroatoms. The molecule has 1 fully saturated rings. The van der Waals surface area contributed by atoms with Crippen molar-refractivity contribution in [3.8, 4) is 0 Å². The Morgan fingerprint density at radius 2 is 1.54 bits per heavy atom. The summed E-state index contributed by atoms with van der Waals surface area (Å²) in [5, 5.41) is 0.368. The number of nitrogens with zero attached hydrogens (tertiary/aromatic N) is 4. The first-order valence-corrected chi connectivity index (χ1v) is 12.1. The summed E-state index contributed by atoms with van der Waals surface area (Å²) in [5.74, 6) is 0. The van der Waals surface area contributed by atoms with Gasteiger partial charge in [-0.05, 0) is 31.0 Å². The Bertz CT molecular complexity index is 1100. The van der Waals surface area contributed by atoms with E-state index >= 15 is 0 Å². The van der Waals surface area contributed by atoms with Crippen LogP contribution in [0.3, 0.4) is 0 Å². The maximum absolute atomic E-state index is 13.1. The molecule has 0 spiro atoms. The van der Waals surface area contributed by atoms with Gasteiger partial charge in [-0.15, -0.1) is 0 Å². The van der Waals surface area contributed by atoms with Crippen LogP contribution in [0.1, 0.15) is 12.0 Å². The molecular weight excluding hydrogens is 447 g/mol. The molecule has 2 heterocycles. The number of aryl methyl sites for hydroxylation is 2. The van der Waals surface area contributed by atoms with Gasteiger partial charge in [-0.25, -0.2) is 21.8 Å². The third-order valence-electron chi connectivity index (χ3n) is 4.53. The number of halogens is 2. The van der Waals surface area contributed by atoms with E-state index in [0.29, 0.717) is 17.0 Å². The summed E-state index contributed by atoms with van der Waals surface area (Å²) in [5.41, 5.74) is 0.596. The lowest BCUT2D eigenvalue weighted by Crippen LogP contribution is -2.37. The molecule has 154 valence electrons. The minimum Gasteiger partial charge on any atom is -0.339 e. The van der Waals surface area contributed by atoms with E-state index in [1.165, 1.54) is 33.3 Å². The molecule has 2 aromatic rings. The standard InChI is InChI=1S/C16H20Cl2N4O4S2/c1-12-8-15(14(18)9-13(12)17)27(23,24)21-4-3-5-22(7-6-21)28(25,26)16-10-20(2)11-19-16/h8-11H,3-7H2,1-2H3. The largest absolute Gasteiger partial charge is 0.339 e. The summed E-state index contributed by atoms with van der Waals surface area (Å²) in [6.07, 6.45) is 3.19. The second-order valence-electron chi connectivity index (χ2n) is 6.57. The van der Waals surface area contributed by atoms with Crippen molar-refractivity contribution in [1.29, 1.82) is 0 Å². The molecule has 8 nitrogen and oxygen atoms in total. The zero-order chi connectivity index (χ0) is 20.7. The normalized spacial score (nSPS) is 17.6. The summed E-state index contributed by atoms with van der Waals surface area (Å²) >= 11 is 12.1. The summed E-state index contributed by atoms with van der Waals surface area (Å²) in [6.45, 7) is 2.14. The average Bonchev–Trinajstić information content (AvgIpc) is 2.90. The van der Waals surface area contributed by atoms with Crippen molar-refractivity contribution in [2.75, 3.05) is 26.2 Å². The predicted molar refractivity (Wildman–Crippen MR) is 107 cm³/mol. The summed E-state index contributed by atoms with van der Waals surface area (Å²) in [7, 11) is -5.98. The fraction of sp³-hybridized carbons (Fsp3) is 0.438. The molecule has 0 radical (unpaired) electrons. The molecule has 0 saturated carbocycles. The summed E-state index contributed by atoms with van der Waals surface area (Å²) in [4.78, 5) is 3.88. The fourth-order valence-electron chi connectivity index (χ4n) is 2.97. The van der Waals surface area contributed by atoms with E-state index in [1.54, 1.807) is 18.5 Å². The maximum atomic E-state index is 13.1. The Labute approximate surface area is 174 Å². The molecule has 3 rings (SSSR count). The first kappa shape index (κ1) is 21.5. The van der Waals surface area contributed by atoms with Gasteiger partial charge in [-0.1, -0.05) is 23.2 Å². The zero-order valence-electron chi connectivity index (χ0n) is 15.3. The highest BCUT2D eigenvalue weighted by Gasteiger charge is 2.33. The van der Waals surface area contributed by atoms with E-state index in [1.807, 2.05) is 0 Å². The van der Waals surface area contributed by atoms with Gasteiger partial charge < -0.3 is 4.57 Å². The van der Waals surface area contributed by atoms with Crippen LogP contribution in [0.5, 0.6) is 0 Å². The number of sulfonamides is 2. The van der Waals surface area contributed by atoms with Gasteiger partial charge in [0.15, 0.2) is 5.03 Å². The molecule has 1 aliphatic rings. The monoisotopic (exact) mass is 466 g/mol. The van der Waals surface area contributed by atoms with Crippen LogP contribution in [0.2, 0.25) is 10.0 Å². The number of aromatic nitrogens is 2. The second kappa shape index (κ2) is 7.92. The van der Waals surface area contributed by atoms with Gasteiger partial charge in [0.25, 0.3) is 10.0 Å². The Hall–Kier alpha value is -1.17. The lowest BCUT2D eigenvalue weighted by atomic mass is 10.2. The minimum absolute atomic E-state index is 0.0202. The van der Waals surface area contributed by atoms with Gasteiger partial charge in [-0.3, -0.25) is 0 Å². The van der Waals surface area contributed by atoms with Gasteiger partial charge in [0.05, 0.1) is 11.3 Å². The predicted octanol–water partition coefficient (Wildman–Crippen LogP) is 2.12. The van der Waals surface area contributed by atoms with E-state index in [9.17, 15) is 16.8 Å². The SMILES string of the molecule is Cc1cc(S(=O)(=O)N2CCCN(S(=O)(=O)c3cn(C)cn3)CC2)c(Cl)cc1Cl. The first-order valence-electron chi connectivity index (χ1n) is 8.47. The van der Waals surface area contributed by atoms with Gasteiger partial charge in [0.2, 0.25) is 10.0 Å². The third kappa shape index (κ3) is 4.07. The second-order valence-corrected chi connectivity index (χ2v) is 11.2. The summed E-state index contributed by atoms with van der Waals surface area (Å²) in [6, 6.07) is 2.84. The van der Waals surface area contributed by atoms with Crippen molar-refractivity contribution in [2.45, 2.75) is 23.3 Å². The van der Waals surface area contributed by atoms with Crippen LogP contribution in [0.25, 0.3) is 0 Å². The van der Waals surface area contributed by atoms with E-state index in [4.69, 9.17) is 23.2 Å². The number of rotatable bonds is 4. The van der Waals surface area contributed by atoms with E-state index in [2.05, 4.69) is 4.98 Å². The molecule has 28 heavy (non-hydrogen) atoms. The third-order valence-corrected chi connectivity index (χ3v) is 9.09. The number of hydrogen-bond donors (Lipinski definition) is 0. The smallest absolute Gasteiger partial charge is 0.262 e. The summed E-state index contributed by atoms with van der Waals surface area (Å²) < 4.78 is 55.7. The molecular formula is C16H20Cl2N4O4S2. The van der Waals surface area contributed by atoms with Gasteiger partial charge in [0.1, 0.15) is 4.90 Å². The van der Waals surface area contributed by atoms with E-state index < -0.39 is 20.0 Å². The van der Waals surface area contributed by atoms with Gasteiger partial charge >= 0.3 is 0 Å². The topological polar surface area (TPSA) is 92.6 Å². The van der Waals surface area contributed by atoms with Crippen LogP contribution in [-0.2, 0) is 27.1 Å². The van der Waals surface area contributed by atoms with Crippen LogP contribution in [0.4, 0.5) is 0 Å². The highest BCUT2D eigenvalue weighted by molar-refractivity contribution is 7.89. The molecule has 0 unspecified atom stereocenters. The molecule has 1 aromatic carbocycles. The number of benzene rings is 1. The lowest BCUT2D eigenvalue weighted by Gasteiger charge is -2.22. The van der Waals surface area contributed by atoms with Crippen LogP contribution in [0.15, 0.2) is 34.6 Å². The average molecular weight is 467 g/mol. The van der Waals surface area contributed by atoms with Crippen molar-refractivity contribution < 1.29 is 16.8 Å². The van der Waals surface area contributed by atoms with Crippen molar-refractivity contribution in [3.05, 3.63) is 40.3 Å². The van der Waals surface area contributed by atoms with Crippen LogP contribution < -0.4 is 0 Å². The molecule has 0 aliphatic carbocycles. The Morgan fingerprint density at radius 3 is 2.11 bits per heavy atom. The molecule has 0 N–H and O–H groups in total. The fourth-order valence-corrected chi connectivity index (χ4v) is 6.68. The zero-order valence-corrected chi connectivity index (χ0v) is 18.5. The number of hydrogen-bond acceptors (Lipinski definition) is 5. The van der Waals surface area contributed by atoms with Crippen LogP contribution in [-0.4, -0.2) is 61.2 Å². The minimum atomic E-state index is -3.88. The quantitative estimate of drug-likeness (QED) is 0.687. The molecule has 1 aliphatic heterocycles. The molecule has 0 bridgehead atoms. The van der Waals surface area contributed by atoms with Crippen molar-refractivity contribution in [1.82, 2.24) is 18.2 Å². The molecule has 1 aromatic heterocycles.